The minimum Gasteiger partial charge on any atom is -0.299 e. The second kappa shape index (κ2) is 4.39. The topological polar surface area (TPSA) is 34.1 Å². The van der Waals surface area contributed by atoms with E-state index in [9.17, 15) is 9.59 Å². The maximum atomic E-state index is 13.0. The zero-order valence-corrected chi connectivity index (χ0v) is 14.7. The zero-order valence-electron chi connectivity index (χ0n) is 14.7. The first-order chi connectivity index (χ1) is 11.4. The summed E-state index contributed by atoms with van der Waals surface area (Å²) in [5, 5.41) is 0. The fourth-order valence-electron chi connectivity index (χ4n) is 6.96. The van der Waals surface area contributed by atoms with E-state index in [4.69, 9.17) is 0 Å². The molecular formula is C22H26O2. The standard InChI is InChI=1S/C22H26O2/c1-20-9-6-18-16-4-3-14-13-15(23)5-11-21(14,2)17(16)7-12-22(18,20)19(24)8-10-20/h3-4,6,13,16-17H,5,7-12H2,1-2H3/t16?,17?,20-,21?,22+/m0/s1. The fraction of sp³-hybridized carbons (Fsp3) is 0.636. The van der Waals surface area contributed by atoms with Crippen LogP contribution >= 0.6 is 0 Å². The van der Waals surface area contributed by atoms with Gasteiger partial charge in [-0.1, -0.05) is 37.6 Å². The predicted molar refractivity (Wildman–Crippen MR) is 93.3 cm³/mol. The maximum absolute atomic E-state index is 13.0. The highest BCUT2D eigenvalue weighted by molar-refractivity contribution is 5.93. The number of allylic oxidation sites excluding steroid dienone is 6. The van der Waals surface area contributed by atoms with Crippen LogP contribution in [0.4, 0.5) is 0 Å². The Labute approximate surface area is 144 Å². The average Bonchev–Trinajstić information content (AvgIpc) is 2.99. The second-order valence-corrected chi connectivity index (χ2v) is 9.27. The van der Waals surface area contributed by atoms with Crippen molar-refractivity contribution >= 4 is 11.6 Å². The Kier molecular flexibility index (Phi) is 2.72. The third kappa shape index (κ3) is 1.49. The van der Waals surface area contributed by atoms with Crippen LogP contribution in [-0.2, 0) is 9.59 Å². The smallest absolute Gasteiger partial charge is 0.156 e. The first-order valence-corrected chi connectivity index (χ1v) is 9.58. The summed E-state index contributed by atoms with van der Waals surface area (Å²) in [6.45, 7) is 4.70. The molecule has 0 aromatic carbocycles. The lowest BCUT2D eigenvalue weighted by atomic mass is 9.48. The van der Waals surface area contributed by atoms with Gasteiger partial charge in [0, 0.05) is 18.8 Å². The molecule has 1 spiro atoms. The molecule has 0 heterocycles. The Morgan fingerprint density at radius 3 is 2.75 bits per heavy atom. The van der Waals surface area contributed by atoms with Crippen molar-refractivity contribution in [2.45, 2.75) is 58.8 Å². The maximum Gasteiger partial charge on any atom is 0.156 e. The van der Waals surface area contributed by atoms with Gasteiger partial charge in [-0.25, -0.2) is 0 Å². The molecule has 0 bridgehead atoms. The largest absolute Gasteiger partial charge is 0.299 e. The molecule has 3 unspecified atom stereocenters. The Morgan fingerprint density at radius 1 is 1.08 bits per heavy atom. The van der Waals surface area contributed by atoms with Crippen molar-refractivity contribution in [2.75, 3.05) is 0 Å². The molecule has 2 fully saturated rings. The predicted octanol–water partition coefficient (Wildman–Crippen LogP) is 4.56. The first kappa shape index (κ1) is 14.9. The molecule has 2 saturated carbocycles. The van der Waals surface area contributed by atoms with Crippen LogP contribution in [0.15, 0.2) is 35.5 Å². The van der Waals surface area contributed by atoms with Gasteiger partial charge in [-0.3, -0.25) is 9.59 Å². The van der Waals surface area contributed by atoms with Crippen LogP contribution in [0.5, 0.6) is 0 Å². The van der Waals surface area contributed by atoms with E-state index in [1.807, 2.05) is 6.08 Å². The third-order valence-corrected chi connectivity index (χ3v) is 8.47. The second-order valence-electron chi connectivity index (χ2n) is 9.27. The molecule has 0 radical (unpaired) electrons. The van der Waals surface area contributed by atoms with Gasteiger partial charge < -0.3 is 0 Å². The highest BCUT2D eigenvalue weighted by Gasteiger charge is 2.65. The van der Waals surface area contributed by atoms with Crippen molar-refractivity contribution in [3.8, 4) is 0 Å². The molecule has 5 aliphatic carbocycles. The number of carbonyl (C=O) groups is 2. The molecule has 5 rings (SSSR count). The van der Waals surface area contributed by atoms with Crippen LogP contribution in [-0.4, -0.2) is 11.6 Å². The lowest BCUT2D eigenvalue weighted by Gasteiger charge is -2.55. The molecule has 24 heavy (non-hydrogen) atoms. The zero-order chi connectivity index (χ0) is 16.7. The summed E-state index contributed by atoms with van der Waals surface area (Å²) in [4.78, 5) is 24.8. The summed E-state index contributed by atoms with van der Waals surface area (Å²) in [7, 11) is 0. The SMILES string of the molecule is CC12CCC(=O)C=C1C=CC1C3=CC[C@@]4(C)CCC(=O)[C@@]34CCC12. The van der Waals surface area contributed by atoms with Crippen molar-refractivity contribution in [3.05, 3.63) is 35.5 Å². The van der Waals surface area contributed by atoms with E-state index in [-0.39, 0.29) is 22.0 Å². The van der Waals surface area contributed by atoms with Gasteiger partial charge >= 0.3 is 0 Å². The van der Waals surface area contributed by atoms with Crippen LogP contribution in [0.2, 0.25) is 0 Å². The van der Waals surface area contributed by atoms with Gasteiger partial charge in [0.25, 0.3) is 0 Å². The molecule has 0 aliphatic heterocycles. The van der Waals surface area contributed by atoms with Gasteiger partial charge in [-0.15, -0.1) is 0 Å². The summed E-state index contributed by atoms with van der Waals surface area (Å²) in [6.07, 6.45) is 15.5. The van der Waals surface area contributed by atoms with Crippen LogP contribution in [0, 0.1) is 28.1 Å². The van der Waals surface area contributed by atoms with Crippen molar-refractivity contribution in [1.82, 2.24) is 0 Å². The Bertz CT molecular complexity index is 754. The Balaban J connectivity index is 1.63. The van der Waals surface area contributed by atoms with E-state index in [0.29, 0.717) is 24.0 Å². The van der Waals surface area contributed by atoms with Gasteiger partial charge in [0.2, 0.25) is 0 Å². The van der Waals surface area contributed by atoms with Crippen LogP contribution in [0.1, 0.15) is 58.8 Å². The quantitative estimate of drug-likeness (QED) is 0.613. The van der Waals surface area contributed by atoms with Crippen molar-refractivity contribution in [2.24, 2.45) is 28.1 Å². The molecule has 0 saturated heterocycles. The van der Waals surface area contributed by atoms with E-state index in [2.05, 4.69) is 32.1 Å². The fourth-order valence-corrected chi connectivity index (χ4v) is 6.96. The average molecular weight is 322 g/mol. The number of hydrogen-bond acceptors (Lipinski definition) is 2. The van der Waals surface area contributed by atoms with E-state index >= 15 is 0 Å². The van der Waals surface area contributed by atoms with Gasteiger partial charge in [0.15, 0.2) is 5.78 Å². The minimum absolute atomic E-state index is 0.108. The summed E-state index contributed by atoms with van der Waals surface area (Å²) >= 11 is 0. The molecule has 5 aliphatic rings. The van der Waals surface area contributed by atoms with Gasteiger partial charge in [0.1, 0.15) is 5.78 Å². The summed E-state index contributed by atoms with van der Waals surface area (Å²) < 4.78 is 0. The monoisotopic (exact) mass is 322 g/mol. The Hall–Kier alpha value is -1.44. The van der Waals surface area contributed by atoms with Crippen molar-refractivity contribution in [3.63, 3.8) is 0 Å². The van der Waals surface area contributed by atoms with Crippen LogP contribution in [0.3, 0.4) is 0 Å². The summed E-state index contributed by atoms with van der Waals surface area (Å²) in [5.41, 5.74) is 2.78. The van der Waals surface area contributed by atoms with Gasteiger partial charge in [-0.2, -0.15) is 0 Å². The van der Waals surface area contributed by atoms with Crippen molar-refractivity contribution in [1.29, 1.82) is 0 Å². The number of ketones is 2. The Morgan fingerprint density at radius 2 is 1.92 bits per heavy atom. The van der Waals surface area contributed by atoms with E-state index in [1.54, 1.807) is 0 Å². The number of fused-ring (bicyclic) bond motifs is 4. The summed E-state index contributed by atoms with van der Waals surface area (Å²) in [6, 6.07) is 0. The van der Waals surface area contributed by atoms with Crippen LogP contribution in [0.25, 0.3) is 0 Å². The van der Waals surface area contributed by atoms with E-state index < -0.39 is 0 Å². The minimum atomic E-state index is -0.166. The van der Waals surface area contributed by atoms with Crippen molar-refractivity contribution < 1.29 is 9.59 Å². The van der Waals surface area contributed by atoms with E-state index in [1.165, 1.54) is 11.1 Å². The number of carbonyl (C=O) groups excluding carboxylic acids is 2. The van der Waals surface area contributed by atoms with Gasteiger partial charge in [0.05, 0.1) is 5.41 Å². The van der Waals surface area contributed by atoms with Crippen LogP contribution < -0.4 is 0 Å². The highest BCUT2D eigenvalue weighted by Crippen LogP contribution is 2.70. The lowest BCUT2D eigenvalue weighted by Crippen LogP contribution is -2.50. The molecule has 0 N–H and O–H groups in total. The summed E-state index contributed by atoms with van der Waals surface area (Å²) in [5.74, 6) is 1.73. The molecule has 0 aromatic rings. The molecule has 0 aromatic heterocycles. The molecule has 2 heteroatoms. The molecule has 0 amide bonds. The van der Waals surface area contributed by atoms with E-state index in [0.717, 1.165) is 38.5 Å². The third-order valence-electron chi connectivity index (χ3n) is 8.47. The van der Waals surface area contributed by atoms with Gasteiger partial charge in [-0.05, 0) is 60.5 Å². The normalized spacial score (nSPS) is 49.1. The molecule has 126 valence electrons. The molecule has 2 nitrogen and oxygen atoms in total. The highest BCUT2D eigenvalue weighted by atomic mass is 16.1. The first-order valence-electron chi connectivity index (χ1n) is 9.58. The number of rotatable bonds is 0. The number of Topliss-reactive ketones (excluding diaryl/α,β-unsaturated/α-hetero) is 1. The lowest BCUT2D eigenvalue weighted by molar-refractivity contribution is -0.129. The number of hydrogen-bond donors (Lipinski definition) is 0. The molecular weight excluding hydrogens is 296 g/mol. The molecule has 5 atom stereocenters.